The lowest BCUT2D eigenvalue weighted by atomic mass is 10.0. The standard InChI is InChI=1S/C24H19ClF4N4O2S/c25-16-3-2-14(17(9-16)24(27,28)29)12-32-19-4-1-13(7-15(19)10-31-32)8-21-22(34)33(23(35)36-21)20-5-6-30-11-18(20)26/h1-4,7-10,18,20,30H,5-6,11-12H2/t18-,20?/m0/s1. The number of nitrogens with zero attached hydrogens (tertiary/aromatic N) is 3. The lowest BCUT2D eigenvalue weighted by Crippen LogP contribution is -2.52. The fourth-order valence-electron chi connectivity index (χ4n) is 4.45. The number of carbonyl (C=O) groups excluding carboxylic acids is 2. The minimum atomic E-state index is -4.56. The van der Waals surface area contributed by atoms with Crippen LogP contribution in [0.2, 0.25) is 5.02 Å². The summed E-state index contributed by atoms with van der Waals surface area (Å²) in [6, 6.07) is 7.92. The number of thioether (sulfide) groups is 1. The van der Waals surface area contributed by atoms with Crippen molar-refractivity contribution in [2.45, 2.75) is 31.4 Å². The number of hydrogen-bond donors (Lipinski definition) is 1. The van der Waals surface area contributed by atoms with Gasteiger partial charge < -0.3 is 5.32 Å². The van der Waals surface area contributed by atoms with Crippen molar-refractivity contribution in [2.75, 3.05) is 13.1 Å². The van der Waals surface area contributed by atoms with Crippen LogP contribution in [0.25, 0.3) is 17.0 Å². The Morgan fingerprint density at radius 3 is 2.75 bits per heavy atom. The molecule has 6 nitrogen and oxygen atoms in total. The molecule has 2 aliphatic rings. The number of nitrogens with one attached hydrogen (secondary N) is 1. The van der Waals surface area contributed by atoms with Crippen LogP contribution in [0, 0.1) is 0 Å². The Bertz CT molecular complexity index is 1390. The molecule has 2 aromatic carbocycles. The van der Waals surface area contributed by atoms with Gasteiger partial charge in [0.15, 0.2) is 0 Å². The molecule has 5 rings (SSSR count). The number of hydrogen-bond acceptors (Lipinski definition) is 5. The van der Waals surface area contributed by atoms with Gasteiger partial charge in [-0.25, -0.2) is 4.39 Å². The summed E-state index contributed by atoms with van der Waals surface area (Å²) in [5.41, 5.74) is 0.407. The summed E-state index contributed by atoms with van der Waals surface area (Å²) in [7, 11) is 0. The number of alkyl halides is 4. The Morgan fingerprint density at radius 2 is 2.00 bits per heavy atom. The van der Waals surface area contributed by atoms with Gasteiger partial charge in [-0.1, -0.05) is 23.7 Å². The maximum atomic E-state index is 14.3. The van der Waals surface area contributed by atoms with Crippen LogP contribution in [-0.2, 0) is 17.5 Å². The van der Waals surface area contributed by atoms with Crippen LogP contribution >= 0.6 is 23.4 Å². The summed E-state index contributed by atoms with van der Waals surface area (Å²) < 4.78 is 56.2. The topological polar surface area (TPSA) is 67.2 Å². The summed E-state index contributed by atoms with van der Waals surface area (Å²) in [6.07, 6.45) is -2.47. The lowest BCUT2D eigenvalue weighted by Gasteiger charge is -2.32. The third-order valence-electron chi connectivity index (χ3n) is 6.19. The molecule has 2 aliphatic heterocycles. The van der Waals surface area contributed by atoms with Crippen molar-refractivity contribution in [1.82, 2.24) is 20.0 Å². The molecule has 12 heteroatoms. The normalized spacial score (nSPS) is 22.2. The highest BCUT2D eigenvalue weighted by Gasteiger charge is 2.43. The largest absolute Gasteiger partial charge is 0.416 e. The molecular formula is C24H19ClF4N4O2S. The van der Waals surface area contributed by atoms with Crippen LogP contribution in [0.3, 0.4) is 0 Å². The van der Waals surface area contributed by atoms with E-state index >= 15 is 0 Å². The Kier molecular flexibility index (Phi) is 6.56. The van der Waals surface area contributed by atoms with Crippen molar-refractivity contribution in [3.05, 3.63) is 69.2 Å². The third-order valence-corrected chi connectivity index (χ3v) is 7.31. The van der Waals surface area contributed by atoms with E-state index in [2.05, 4.69) is 10.4 Å². The van der Waals surface area contributed by atoms with Gasteiger partial charge in [0.05, 0.1) is 34.8 Å². The Labute approximate surface area is 212 Å². The van der Waals surface area contributed by atoms with E-state index in [-0.39, 0.29) is 28.6 Å². The molecule has 3 heterocycles. The van der Waals surface area contributed by atoms with Crippen LogP contribution in [0.1, 0.15) is 23.1 Å². The number of fused-ring (bicyclic) bond motifs is 1. The van der Waals surface area contributed by atoms with Gasteiger partial charge in [0.1, 0.15) is 6.17 Å². The summed E-state index contributed by atoms with van der Waals surface area (Å²) in [6.45, 7) is 0.494. The first-order valence-corrected chi connectivity index (χ1v) is 12.2. The van der Waals surface area contributed by atoms with E-state index in [0.717, 1.165) is 22.7 Å². The predicted molar refractivity (Wildman–Crippen MR) is 129 cm³/mol. The molecule has 0 radical (unpaired) electrons. The number of aromatic nitrogens is 2. The number of piperidine rings is 1. The predicted octanol–water partition coefficient (Wildman–Crippen LogP) is 5.49. The Hall–Kier alpha value is -2.89. The zero-order chi connectivity index (χ0) is 25.6. The van der Waals surface area contributed by atoms with E-state index in [1.807, 2.05) is 0 Å². The molecule has 2 saturated heterocycles. The van der Waals surface area contributed by atoms with Gasteiger partial charge in [-0.2, -0.15) is 18.3 Å². The van der Waals surface area contributed by atoms with Gasteiger partial charge in [-0.05, 0) is 66.2 Å². The highest BCUT2D eigenvalue weighted by atomic mass is 35.5. The molecule has 36 heavy (non-hydrogen) atoms. The molecule has 0 bridgehead atoms. The van der Waals surface area contributed by atoms with Crippen LogP contribution in [0.5, 0.6) is 0 Å². The molecule has 1 aromatic heterocycles. The van der Waals surface area contributed by atoms with E-state index in [4.69, 9.17) is 11.6 Å². The molecule has 1 N–H and O–H groups in total. The number of carbonyl (C=O) groups is 2. The van der Waals surface area contributed by atoms with Crippen LogP contribution < -0.4 is 5.32 Å². The SMILES string of the molecule is O=C1SC(=Cc2ccc3c(cnn3Cc3ccc(Cl)cc3C(F)(F)F)c2)C(=O)N1C1CCNC[C@@H]1F. The fraction of sp³-hybridized carbons (Fsp3) is 0.292. The Balaban J connectivity index is 1.40. The molecule has 2 amide bonds. The average molecular weight is 539 g/mol. The van der Waals surface area contributed by atoms with E-state index in [1.165, 1.54) is 23.0 Å². The van der Waals surface area contributed by atoms with Gasteiger partial charge >= 0.3 is 6.18 Å². The second kappa shape index (κ2) is 9.53. The van der Waals surface area contributed by atoms with Crippen LogP contribution in [0.15, 0.2) is 47.5 Å². The van der Waals surface area contributed by atoms with Crippen molar-refractivity contribution >= 4 is 51.5 Å². The van der Waals surface area contributed by atoms with Crippen molar-refractivity contribution in [2.24, 2.45) is 0 Å². The summed E-state index contributed by atoms with van der Waals surface area (Å²) >= 11 is 6.53. The van der Waals surface area contributed by atoms with Crippen molar-refractivity contribution in [3.63, 3.8) is 0 Å². The molecule has 188 valence electrons. The highest BCUT2D eigenvalue weighted by Crippen LogP contribution is 2.37. The zero-order valence-electron chi connectivity index (χ0n) is 18.6. The minimum Gasteiger partial charge on any atom is -0.314 e. The first kappa shape index (κ1) is 24.8. The van der Waals surface area contributed by atoms with Gasteiger partial charge in [0.2, 0.25) is 0 Å². The molecule has 0 aliphatic carbocycles. The summed E-state index contributed by atoms with van der Waals surface area (Å²) in [5, 5.41) is 7.27. The number of imide groups is 1. The highest BCUT2D eigenvalue weighted by molar-refractivity contribution is 8.18. The van der Waals surface area contributed by atoms with Gasteiger partial charge in [-0.3, -0.25) is 19.2 Å². The Morgan fingerprint density at radius 1 is 1.19 bits per heavy atom. The fourth-order valence-corrected chi connectivity index (χ4v) is 5.51. The maximum Gasteiger partial charge on any atom is 0.416 e. The quantitative estimate of drug-likeness (QED) is 0.351. The molecule has 2 atom stereocenters. The summed E-state index contributed by atoms with van der Waals surface area (Å²) in [5.74, 6) is -0.530. The minimum absolute atomic E-state index is 0.00681. The zero-order valence-corrected chi connectivity index (χ0v) is 20.1. The second-order valence-corrected chi connectivity index (χ2v) is 9.98. The number of halogens is 5. The molecule has 1 unspecified atom stereocenters. The van der Waals surface area contributed by atoms with Crippen LogP contribution in [-0.4, -0.2) is 51.1 Å². The van der Waals surface area contributed by atoms with E-state index in [0.29, 0.717) is 29.4 Å². The van der Waals surface area contributed by atoms with Gasteiger partial charge in [0.25, 0.3) is 11.1 Å². The van der Waals surface area contributed by atoms with E-state index in [9.17, 15) is 27.2 Å². The number of rotatable bonds is 4. The van der Waals surface area contributed by atoms with Gasteiger partial charge in [0, 0.05) is 17.0 Å². The third kappa shape index (κ3) is 4.74. The van der Waals surface area contributed by atoms with Crippen LogP contribution in [0.4, 0.5) is 22.4 Å². The molecule has 0 spiro atoms. The second-order valence-electron chi connectivity index (χ2n) is 8.55. The average Bonchev–Trinajstić information content (AvgIpc) is 3.34. The molecule has 2 fully saturated rings. The molecule has 0 saturated carbocycles. The first-order valence-electron chi connectivity index (χ1n) is 11.0. The monoisotopic (exact) mass is 538 g/mol. The maximum absolute atomic E-state index is 14.3. The number of benzene rings is 2. The smallest absolute Gasteiger partial charge is 0.314 e. The van der Waals surface area contributed by atoms with E-state index < -0.39 is 35.1 Å². The van der Waals surface area contributed by atoms with Crippen molar-refractivity contribution in [3.8, 4) is 0 Å². The van der Waals surface area contributed by atoms with Crippen molar-refractivity contribution < 1.29 is 27.2 Å². The van der Waals surface area contributed by atoms with Gasteiger partial charge in [-0.15, -0.1) is 0 Å². The first-order chi connectivity index (χ1) is 17.1. The molecule has 3 aromatic rings. The lowest BCUT2D eigenvalue weighted by molar-refractivity contribution is -0.138. The summed E-state index contributed by atoms with van der Waals surface area (Å²) in [4.78, 5) is 26.6. The van der Waals surface area contributed by atoms with E-state index in [1.54, 1.807) is 24.3 Å². The molecular weight excluding hydrogens is 520 g/mol. The number of amides is 2. The van der Waals surface area contributed by atoms with Crippen molar-refractivity contribution in [1.29, 1.82) is 0 Å².